The Balaban J connectivity index is 3.49. The van der Waals surface area contributed by atoms with Crippen LogP contribution in [0.4, 0.5) is 0 Å². The third kappa shape index (κ3) is 45.3. The molecule has 3 N–H and O–H groups in total. The third-order valence-corrected chi connectivity index (χ3v) is 11.6. The van der Waals surface area contributed by atoms with Crippen molar-refractivity contribution in [3.63, 3.8) is 0 Å². The largest absolute Gasteiger partial charge is 0.466 e. The molecular formula is C54H99NO5. The molecule has 1 amide bonds. The van der Waals surface area contributed by atoms with E-state index in [1.54, 1.807) is 0 Å². The molecule has 0 saturated heterocycles. The first-order chi connectivity index (χ1) is 29.5. The normalized spacial score (nSPS) is 13.1. The summed E-state index contributed by atoms with van der Waals surface area (Å²) < 4.78 is 5.45. The predicted octanol–water partition coefficient (Wildman–Crippen LogP) is 15.5. The molecule has 0 aromatic heterocycles. The van der Waals surface area contributed by atoms with Gasteiger partial charge >= 0.3 is 5.97 Å². The Labute approximate surface area is 372 Å². The van der Waals surface area contributed by atoms with Crippen LogP contribution in [-0.4, -0.2) is 47.4 Å². The number of carbonyl (C=O) groups excluding carboxylic acids is 2. The number of hydrogen-bond acceptors (Lipinski definition) is 5. The van der Waals surface area contributed by atoms with E-state index in [2.05, 4.69) is 67.8 Å². The van der Waals surface area contributed by atoms with Crippen LogP contribution in [0.1, 0.15) is 258 Å². The van der Waals surface area contributed by atoms with Gasteiger partial charge in [0.15, 0.2) is 0 Å². The molecule has 0 rings (SSSR count). The predicted molar refractivity (Wildman–Crippen MR) is 259 cm³/mol. The highest BCUT2D eigenvalue weighted by molar-refractivity contribution is 5.76. The molecule has 6 heteroatoms. The first kappa shape index (κ1) is 57.8. The summed E-state index contributed by atoms with van der Waals surface area (Å²) in [6.07, 6.45) is 60.9. The lowest BCUT2D eigenvalue weighted by molar-refractivity contribution is -0.143. The van der Waals surface area contributed by atoms with Crippen LogP contribution in [0.15, 0.2) is 48.6 Å². The van der Waals surface area contributed by atoms with E-state index >= 15 is 0 Å². The van der Waals surface area contributed by atoms with Gasteiger partial charge in [0.25, 0.3) is 0 Å². The van der Waals surface area contributed by atoms with Gasteiger partial charge < -0.3 is 20.3 Å². The van der Waals surface area contributed by atoms with Crippen molar-refractivity contribution in [3.8, 4) is 0 Å². The van der Waals surface area contributed by atoms with E-state index < -0.39 is 12.1 Å². The zero-order valence-electron chi connectivity index (χ0n) is 39.7. The Kier molecular flexibility index (Phi) is 47.7. The molecule has 0 bridgehead atoms. The van der Waals surface area contributed by atoms with Crippen molar-refractivity contribution in [2.75, 3.05) is 13.2 Å². The standard InChI is InChI=1S/C54H99NO5/c1-3-5-7-9-11-13-14-15-16-18-22-25-28-32-36-40-44-48-54(59)60-49-45-41-37-33-29-26-23-20-17-19-21-24-27-31-35-39-43-47-53(58)55-51(50-56)52(57)46-42-38-34-30-12-10-8-6-4-2/h11,13,15-17,20,26,29,51-52,56-57H,3-10,12,14,18-19,21-25,27-28,30-50H2,1-2H3,(H,55,58)/b13-11-,16-15-,20-17-,29-26-. The fraction of sp³-hybridized carbons (Fsp3) is 0.815. The molecular weight excluding hydrogens is 743 g/mol. The fourth-order valence-electron chi connectivity index (χ4n) is 7.58. The maximum absolute atomic E-state index is 12.4. The van der Waals surface area contributed by atoms with Gasteiger partial charge in [0.1, 0.15) is 0 Å². The number of nitrogens with one attached hydrogen (secondary N) is 1. The van der Waals surface area contributed by atoms with Crippen molar-refractivity contribution >= 4 is 11.9 Å². The maximum atomic E-state index is 12.4. The van der Waals surface area contributed by atoms with Crippen molar-refractivity contribution in [1.29, 1.82) is 0 Å². The molecule has 0 fully saturated rings. The van der Waals surface area contributed by atoms with E-state index in [0.717, 1.165) is 89.9 Å². The minimum absolute atomic E-state index is 0.0243. The van der Waals surface area contributed by atoms with E-state index in [-0.39, 0.29) is 18.5 Å². The van der Waals surface area contributed by atoms with E-state index in [1.807, 2.05) is 0 Å². The van der Waals surface area contributed by atoms with Crippen LogP contribution in [0.3, 0.4) is 0 Å². The Bertz CT molecular complexity index is 1020. The van der Waals surface area contributed by atoms with Crippen LogP contribution in [0, 0.1) is 0 Å². The maximum Gasteiger partial charge on any atom is 0.305 e. The van der Waals surface area contributed by atoms with Crippen LogP contribution in [0.2, 0.25) is 0 Å². The molecule has 0 aliphatic carbocycles. The SMILES string of the molecule is CCCCC/C=C\C/C=C\CCCCCCCCCC(=O)OCCCCC/C=C\C/C=C\CCCCCCCCCC(=O)NC(CO)C(O)CCCCCCCCCCC. The highest BCUT2D eigenvalue weighted by atomic mass is 16.5. The van der Waals surface area contributed by atoms with Crippen LogP contribution in [0.5, 0.6) is 0 Å². The second-order valence-electron chi connectivity index (χ2n) is 17.5. The first-order valence-electron chi connectivity index (χ1n) is 25.9. The number of ether oxygens (including phenoxy) is 1. The smallest absolute Gasteiger partial charge is 0.305 e. The van der Waals surface area contributed by atoms with Crippen LogP contribution in [-0.2, 0) is 14.3 Å². The Morgan fingerprint density at radius 3 is 1.30 bits per heavy atom. The van der Waals surface area contributed by atoms with Crippen molar-refractivity contribution < 1.29 is 24.5 Å². The zero-order valence-corrected chi connectivity index (χ0v) is 39.7. The molecule has 0 aromatic carbocycles. The molecule has 2 unspecified atom stereocenters. The lowest BCUT2D eigenvalue weighted by Gasteiger charge is -2.22. The van der Waals surface area contributed by atoms with Crippen molar-refractivity contribution in [2.45, 2.75) is 270 Å². The van der Waals surface area contributed by atoms with Gasteiger partial charge in [-0.25, -0.2) is 0 Å². The van der Waals surface area contributed by atoms with Gasteiger partial charge in [-0.05, 0) is 96.3 Å². The van der Waals surface area contributed by atoms with Gasteiger partial charge in [0, 0.05) is 12.8 Å². The molecule has 0 heterocycles. The van der Waals surface area contributed by atoms with E-state index in [0.29, 0.717) is 25.9 Å². The van der Waals surface area contributed by atoms with Gasteiger partial charge in [-0.15, -0.1) is 0 Å². The lowest BCUT2D eigenvalue weighted by Crippen LogP contribution is -2.45. The van der Waals surface area contributed by atoms with Crippen molar-refractivity contribution in [2.24, 2.45) is 0 Å². The highest BCUT2D eigenvalue weighted by Gasteiger charge is 2.20. The second-order valence-corrected chi connectivity index (χ2v) is 17.5. The molecule has 2 atom stereocenters. The summed E-state index contributed by atoms with van der Waals surface area (Å²) in [6, 6.07) is -0.552. The molecule has 60 heavy (non-hydrogen) atoms. The number of carbonyl (C=O) groups is 2. The molecule has 6 nitrogen and oxygen atoms in total. The average Bonchev–Trinajstić information content (AvgIpc) is 3.25. The van der Waals surface area contributed by atoms with Gasteiger partial charge in [-0.1, -0.05) is 197 Å². The summed E-state index contributed by atoms with van der Waals surface area (Å²) in [5, 5.41) is 23.0. The van der Waals surface area contributed by atoms with Crippen LogP contribution in [0.25, 0.3) is 0 Å². The van der Waals surface area contributed by atoms with Crippen LogP contribution < -0.4 is 5.32 Å². The Hall–Kier alpha value is -2.18. The van der Waals surface area contributed by atoms with Gasteiger partial charge in [0.2, 0.25) is 5.91 Å². The molecule has 350 valence electrons. The summed E-state index contributed by atoms with van der Waals surface area (Å²) in [4.78, 5) is 24.4. The summed E-state index contributed by atoms with van der Waals surface area (Å²) in [7, 11) is 0. The molecule has 0 aliphatic rings. The molecule has 0 saturated carbocycles. The summed E-state index contributed by atoms with van der Waals surface area (Å²) in [6.45, 7) is 4.84. The Morgan fingerprint density at radius 1 is 0.467 bits per heavy atom. The number of allylic oxidation sites excluding steroid dienone is 8. The van der Waals surface area contributed by atoms with Gasteiger partial charge in [0.05, 0.1) is 25.4 Å². The van der Waals surface area contributed by atoms with E-state index in [4.69, 9.17) is 4.74 Å². The molecule has 0 spiro atoms. The Morgan fingerprint density at radius 2 is 0.833 bits per heavy atom. The third-order valence-electron chi connectivity index (χ3n) is 11.6. The summed E-state index contributed by atoms with van der Waals surface area (Å²) >= 11 is 0. The number of esters is 1. The number of amides is 1. The monoisotopic (exact) mass is 842 g/mol. The number of hydrogen-bond donors (Lipinski definition) is 3. The first-order valence-corrected chi connectivity index (χ1v) is 25.9. The molecule has 0 aliphatic heterocycles. The quantitative estimate of drug-likeness (QED) is 0.0322. The van der Waals surface area contributed by atoms with Crippen LogP contribution >= 0.6 is 0 Å². The average molecular weight is 842 g/mol. The van der Waals surface area contributed by atoms with Crippen molar-refractivity contribution in [3.05, 3.63) is 48.6 Å². The minimum atomic E-state index is -0.673. The molecule has 0 aromatic rings. The number of aliphatic hydroxyl groups excluding tert-OH is 2. The fourth-order valence-corrected chi connectivity index (χ4v) is 7.58. The van der Waals surface area contributed by atoms with Crippen molar-refractivity contribution in [1.82, 2.24) is 5.32 Å². The highest BCUT2D eigenvalue weighted by Crippen LogP contribution is 2.15. The number of rotatable bonds is 47. The van der Waals surface area contributed by atoms with Gasteiger partial charge in [-0.3, -0.25) is 9.59 Å². The van der Waals surface area contributed by atoms with E-state index in [1.165, 1.54) is 135 Å². The van der Waals surface area contributed by atoms with Gasteiger partial charge in [-0.2, -0.15) is 0 Å². The number of aliphatic hydroxyl groups is 2. The lowest BCUT2D eigenvalue weighted by atomic mass is 10.0. The zero-order chi connectivity index (χ0) is 43.7. The number of unbranched alkanes of at least 4 members (excludes halogenated alkanes) is 28. The summed E-state index contributed by atoms with van der Waals surface area (Å²) in [5.41, 5.74) is 0. The molecule has 0 radical (unpaired) electrons. The summed E-state index contributed by atoms with van der Waals surface area (Å²) in [5.74, 6) is -0.0797. The second kappa shape index (κ2) is 49.5. The van der Waals surface area contributed by atoms with E-state index in [9.17, 15) is 19.8 Å². The minimum Gasteiger partial charge on any atom is -0.466 e. The topological polar surface area (TPSA) is 95.9 Å².